The third kappa shape index (κ3) is 3.00. The molecule has 0 unspecified atom stereocenters. The standard InChI is InChI=1S/C18H26N2O2/c1-2-6-16(7-3-1)20-12-10-19(11-13-20)14-17-15-21-18(22-17)8-4-5-9-18/h1-3,6-7,17H,4-5,8-15H2/t17-/m1/s1. The number of rotatable bonds is 3. The van der Waals surface area contributed by atoms with Crippen LogP contribution in [0.5, 0.6) is 0 Å². The van der Waals surface area contributed by atoms with Crippen molar-refractivity contribution in [1.29, 1.82) is 0 Å². The molecule has 1 aromatic carbocycles. The van der Waals surface area contributed by atoms with Gasteiger partial charge in [0.25, 0.3) is 0 Å². The normalized spacial score (nSPS) is 28.5. The zero-order valence-electron chi connectivity index (χ0n) is 13.2. The first-order valence-corrected chi connectivity index (χ1v) is 8.67. The second kappa shape index (κ2) is 6.19. The fourth-order valence-electron chi connectivity index (χ4n) is 4.00. The maximum Gasteiger partial charge on any atom is 0.168 e. The molecule has 2 heterocycles. The molecule has 0 amide bonds. The highest BCUT2D eigenvalue weighted by Crippen LogP contribution is 2.39. The minimum atomic E-state index is -0.212. The summed E-state index contributed by atoms with van der Waals surface area (Å²) in [5.41, 5.74) is 1.34. The Morgan fingerprint density at radius 2 is 1.73 bits per heavy atom. The number of hydrogen-bond acceptors (Lipinski definition) is 4. The Morgan fingerprint density at radius 1 is 1.00 bits per heavy atom. The summed E-state index contributed by atoms with van der Waals surface area (Å²) in [5.74, 6) is -0.212. The minimum absolute atomic E-state index is 0.212. The molecule has 1 aliphatic carbocycles. The van der Waals surface area contributed by atoms with Gasteiger partial charge in [-0.2, -0.15) is 0 Å². The molecule has 3 fully saturated rings. The molecule has 4 rings (SSSR count). The molecule has 2 aliphatic heterocycles. The van der Waals surface area contributed by atoms with Crippen LogP contribution in [0.25, 0.3) is 0 Å². The Balaban J connectivity index is 1.26. The average Bonchev–Trinajstić information content (AvgIpc) is 3.19. The Bertz CT molecular complexity index is 479. The summed E-state index contributed by atoms with van der Waals surface area (Å²) in [6.07, 6.45) is 4.95. The van der Waals surface area contributed by atoms with Crippen LogP contribution in [0.2, 0.25) is 0 Å². The van der Waals surface area contributed by atoms with Gasteiger partial charge >= 0.3 is 0 Å². The molecule has 0 radical (unpaired) electrons. The van der Waals surface area contributed by atoms with Gasteiger partial charge in [0.15, 0.2) is 5.79 Å². The predicted octanol–water partition coefficient (Wildman–Crippen LogP) is 2.49. The van der Waals surface area contributed by atoms with Crippen molar-refractivity contribution < 1.29 is 9.47 Å². The lowest BCUT2D eigenvalue weighted by Gasteiger charge is -2.37. The van der Waals surface area contributed by atoms with Crippen molar-refractivity contribution in [2.45, 2.75) is 37.6 Å². The molecule has 4 heteroatoms. The van der Waals surface area contributed by atoms with Gasteiger partial charge in [-0.3, -0.25) is 4.90 Å². The predicted molar refractivity (Wildman–Crippen MR) is 87.1 cm³/mol. The van der Waals surface area contributed by atoms with Crippen LogP contribution in [0.3, 0.4) is 0 Å². The molecule has 1 atom stereocenters. The molecule has 1 spiro atoms. The van der Waals surface area contributed by atoms with Crippen LogP contribution < -0.4 is 4.90 Å². The SMILES string of the molecule is c1ccc(N2CCN(C[C@@H]3COC4(CCCC4)O3)CC2)cc1. The molecule has 0 N–H and O–H groups in total. The van der Waals surface area contributed by atoms with Gasteiger partial charge in [-0.15, -0.1) is 0 Å². The summed E-state index contributed by atoms with van der Waals surface area (Å²) in [4.78, 5) is 5.00. The maximum atomic E-state index is 6.25. The molecule has 22 heavy (non-hydrogen) atoms. The Morgan fingerprint density at radius 3 is 2.45 bits per heavy atom. The maximum absolute atomic E-state index is 6.25. The summed E-state index contributed by atoms with van der Waals surface area (Å²) in [7, 11) is 0. The van der Waals surface area contributed by atoms with Crippen molar-refractivity contribution in [3.63, 3.8) is 0 Å². The smallest absolute Gasteiger partial charge is 0.168 e. The van der Waals surface area contributed by atoms with E-state index in [1.54, 1.807) is 0 Å². The van der Waals surface area contributed by atoms with Crippen LogP contribution in [0, 0.1) is 0 Å². The molecule has 0 bridgehead atoms. The van der Waals surface area contributed by atoms with E-state index >= 15 is 0 Å². The van der Waals surface area contributed by atoms with Crippen molar-refractivity contribution in [1.82, 2.24) is 4.90 Å². The van der Waals surface area contributed by atoms with Crippen LogP contribution in [0.4, 0.5) is 5.69 Å². The van der Waals surface area contributed by atoms with E-state index in [1.165, 1.54) is 18.5 Å². The van der Waals surface area contributed by atoms with Crippen molar-refractivity contribution in [2.75, 3.05) is 44.2 Å². The zero-order valence-corrected chi connectivity index (χ0v) is 13.2. The third-order valence-electron chi connectivity index (χ3n) is 5.23. The number of ether oxygens (including phenoxy) is 2. The van der Waals surface area contributed by atoms with Gasteiger partial charge in [0, 0.05) is 51.3 Å². The molecule has 2 saturated heterocycles. The highest BCUT2D eigenvalue weighted by Gasteiger charge is 2.44. The van der Waals surface area contributed by atoms with Crippen molar-refractivity contribution in [3.8, 4) is 0 Å². The summed E-state index contributed by atoms with van der Waals surface area (Å²) in [6, 6.07) is 10.7. The molecular formula is C18H26N2O2. The van der Waals surface area contributed by atoms with E-state index in [-0.39, 0.29) is 11.9 Å². The number of benzene rings is 1. The van der Waals surface area contributed by atoms with Crippen LogP contribution in [-0.4, -0.2) is 56.1 Å². The van der Waals surface area contributed by atoms with E-state index in [9.17, 15) is 0 Å². The number of anilines is 1. The van der Waals surface area contributed by atoms with E-state index < -0.39 is 0 Å². The van der Waals surface area contributed by atoms with Gasteiger partial charge in [0.1, 0.15) is 0 Å². The minimum Gasteiger partial charge on any atom is -0.369 e. The lowest BCUT2D eigenvalue weighted by atomic mass is 10.2. The molecule has 1 saturated carbocycles. The van der Waals surface area contributed by atoms with Gasteiger partial charge in [0.2, 0.25) is 0 Å². The van der Waals surface area contributed by atoms with Crippen LogP contribution >= 0.6 is 0 Å². The van der Waals surface area contributed by atoms with E-state index in [1.807, 2.05) is 0 Å². The summed E-state index contributed by atoms with van der Waals surface area (Å²) in [5, 5.41) is 0. The molecule has 4 nitrogen and oxygen atoms in total. The molecule has 0 aromatic heterocycles. The molecule has 1 aromatic rings. The van der Waals surface area contributed by atoms with Gasteiger partial charge in [-0.25, -0.2) is 0 Å². The summed E-state index contributed by atoms with van der Waals surface area (Å²) in [6.45, 7) is 6.22. The first kappa shape index (κ1) is 14.5. The van der Waals surface area contributed by atoms with Gasteiger partial charge in [-0.05, 0) is 25.0 Å². The van der Waals surface area contributed by atoms with Gasteiger partial charge < -0.3 is 14.4 Å². The van der Waals surface area contributed by atoms with E-state index in [0.717, 1.165) is 52.2 Å². The van der Waals surface area contributed by atoms with E-state index in [0.29, 0.717) is 0 Å². The second-order valence-corrected chi connectivity index (χ2v) is 6.79. The van der Waals surface area contributed by atoms with Crippen molar-refractivity contribution >= 4 is 5.69 Å². The van der Waals surface area contributed by atoms with Crippen molar-refractivity contribution in [3.05, 3.63) is 30.3 Å². The number of piperazine rings is 1. The fraction of sp³-hybridized carbons (Fsp3) is 0.667. The first-order chi connectivity index (χ1) is 10.8. The quantitative estimate of drug-likeness (QED) is 0.856. The molecule has 120 valence electrons. The largest absolute Gasteiger partial charge is 0.369 e. The zero-order chi connectivity index (χ0) is 14.8. The van der Waals surface area contributed by atoms with Crippen LogP contribution in [0.15, 0.2) is 30.3 Å². The van der Waals surface area contributed by atoms with Gasteiger partial charge in [-0.1, -0.05) is 18.2 Å². The second-order valence-electron chi connectivity index (χ2n) is 6.79. The first-order valence-electron chi connectivity index (χ1n) is 8.67. The summed E-state index contributed by atoms with van der Waals surface area (Å²) >= 11 is 0. The third-order valence-corrected chi connectivity index (χ3v) is 5.23. The number of para-hydroxylation sites is 1. The Kier molecular flexibility index (Phi) is 4.07. The van der Waals surface area contributed by atoms with E-state index in [4.69, 9.17) is 9.47 Å². The monoisotopic (exact) mass is 302 g/mol. The average molecular weight is 302 g/mol. The number of hydrogen-bond donors (Lipinski definition) is 0. The fourth-order valence-corrected chi connectivity index (χ4v) is 4.00. The van der Waals surface area contributed by atoms with Gasteiger partial charge in [0.05, 0.1) is 12.7 Å². The highest BCUT2D eigenvalue weighted by atomic mass is 16.7. The summed E-state index contributed by atoms with van der Waals surface area (Å²) < 4.78 is 12.2. The lowest BCUT2D eigenvalue weighted by Crippen LogP contribution is -2.49. The highest BCUT2D eigenvalue weighted by molar-refractivity contribution is 5.46. The lowest BCUT2D eigenvalue weighted by molar-refractivity contribution is -0.163. The molecule has 3 aliphatic rings. The Labute approximate surface area is 133 Å². The number of nitrogens with zero attached hydrogens (tertiary/aromatic N) is 2. The van der Waals surface area contributed by atoms with Crippen LogP contribution in [-0.2, 0) is 9.47 Å². The van der Waals surface area contributed by atoms with E-state index in [2.05, 4.69) is 40.1 Å². The van der Waals surface area contributed by atoms with Crippen LogP contribution in [0.1, 0.15) is 25.7 Å². The van der Waals surface area contributed by atoms with Crippen molar-refractivity contribution in [2.24, 2.45) is 0 Å². The topological polar surface area (TPSA) is 24.9 Å². The Hall–Kier alpha value is -1.10. The molecular weight excluding hydrogens is 276 g/mol.